The zero-order valence-electron chi connectivity index (χ0n) is 19.2. The number of carbonyl (C=O) groups excluding carboxylic acids is 1. The van der Waals surface area contributed by atoms with E-state index in [1.807, 2.05) is 65.2 Å². The molecule has 180 valence electrons. The second-order valence-electron chi connectivity index (χ2n) is 8.06. The van der Waals surface area contributed by atoms with Crippen LogP contribution >= 0.6 is 23.4 Å². The SMILES string of the molecule is O=C(CCCCc1nnc(SCc2ccccc2F)n1-c1cccc(Cl)c1)NCc1ccccc1. The molecule has 0 spiro atoms. The van der Waals surface area contributed by atoms with Gasteiger partial charge in [0.1, 0.15) is 11.6 Å². The zero-order chi connectivity index (χ0) is 24.5. The first-order valence-corrected chi connectivity index (χ1v) is 12.8. The predicted octanol–water partition coefficient (Wildman–Crippen LogP) is 6.38. The van der Waals surface area contributed by atoms with E-state index in [2.05, 4.69) is 15.5 Å². The molecule has 1 aromatic heterocycles. The Morgan fingerprint density at radius 1 is 0.971 bits per heavy atom. The molecule has 35 heavy (non-hydrogen) atoms. The average molecular weight is 509 g/mol. The van der Waals surface area contributed by atoms with Gasteiger partial charge in [0.15, 0.2) is 5.16 Å². The summed E-state index contributed by atoms with van der Waals surface area (Å²) in [5, 5.41) is 13.0. The van der Waals surface area contributed by atoms with Crippen LogP contribution in [0.3, 0.4) is 0 Å². The Kier molecular flexibility index (Phi) is 8.92. The van der Waals surface area contributed by atoms with Crippen LogP contribution in [0.2, 0.25) is 5.02 Å². The standard InChI is InChI=1S/C27H26ClFN4OS/c28-22-12-8-13-23(17-22)33-25(31-32-27(33)35-19-21-11-4-5-14-24(21)29)15-6-7-16-26(34)30-18-20-9-2-1-3-10-20/h1-5,8-14,17H,6-7,15-16,18-19H2,(H,30,34). The number of hydrogen-bond donors (Lipinski definition) is 1. The number of hydrogen-bond acceptors (Lipinski definition) is 4. The van der Waals surface area contributed by atoms with E-state index >= 15 is 0 Å². The van der Waals surface area contributed by atoms with E-state index in [1.165, 1.54) is 17.8 Å². The molecule has 0 atom stereocenters. The van der Waals surface area contributed by atoms with Gasteiger partial charge >= 0.3 is 0 Å². The van der Waals surface area contributed by atoms with Crippen LogP contribution in [0.1, 0.15) is 36.2 Å². The average Bonchev–Trinajstić information content (AvgIpc) is 3.28. The summed E-state index contributed by atoms with van der Waals surface area (Å²) < 4.78 is 16.1. The van der Waals surface area contributed by atoms with Gasteiger partial charge in [0.2, 0.25) is 5.91 Å². The minimum absolute atomic E-state index is 0.0336. The molecule has 1 heterocycles. The molecule has 0 bridgehead atoms. The van der Waals surface area contributed by atoms with Crippen molar-refractivity contribution in [2.75, 3.05) is 0 Å². The smallest absolute Gasteiger partial charge is 0.220 e. The van der Waals surface area contributed by atoms with Gasteiger partial charge in [-0.1, -0.05) is 78.0 Å². The van der Waals surface area contributed by atoms with Crippen LogP contribution in [0, 0.1) is 5.82 Å². The van der Waals surface area contributed by atoms with Crippen molar-refractivity contribution < 1.29 is 9.18 Å². The summed E-state index contributed by atoms with van der Waals surface area (Å²) in [6, 6.07) is 24.1. The van der Waals surface area contributed by atoms with Gasteiger partial charge in [-0.05, 0) is 48.2 Å². The maximum absolute atomic E-state index is 14.1. The first-order chi connectivity index (χ1) is 17.1. The lowest BCUT2D eigenvalue weighted by Gasteiger charge is -2.11. The second kappa shape index (κ2) is 12.5. The monoisotopic (exact) mass is 508 g/mol. The summed E-state index contributed by atoms with van der Waals surface area (Å²) in [5.74, 6) is 1.02. The van der Waals surface area contributed by atoms with E-state index in [4.69, 9.17) is 11.6 Å². The minimum atomic E-state index is -0.236. The molecule has 0 fully saturated rings. The van der Waals surface area contributed by atoms with E-state index < -0.39 is 0 Å². The van der Waals surface area contributed by atoms with E-state index in [1.54, 1.807) is 12.1 Å². The molecule has 1 amide bonds. The first kappa shape index (κ1) is 24.9. The van der Waals surface area contributed by atoms with Gasteiger partial charge in [0.25, 0.3) is 0 Å². The Bertz CT molecular complexity index is 1270. The maximum atomic E-state index is 14.1. The quantitative estimate of drug-likeness (QED) is 0.188. The number of halogens is 2. The number of amides is 1. The van der Waals surface area contributed by atoms with E-state index in [0.717, 1.165) is 29.9 Å². The van der Waals surface area contributed by atoms with Crippen molar-refractivity contribution >= 4 is 29.3 Å². The predicted molar refractivity (Wildman–Crippen MR) is 138 cm³/mol. The van der Waals surface area contributed by atoms with Gasteiger partial charge in [-0.15, -0.1) is 10.2 Å². The number of benzene rings is 3. The summed E-state index contributed by atoms with van der Waals surface area (Å²) in [7, 11) is 0. The molecule has 0 aliphatic rings. The Labute approximate surface area is 213 Å². The number of thioether (sulfide) groups is 1. The molecule has 0 saturated heterocycles. The summed E-state index contributed by atoms with van der Waals surface area (Å²) in [4.78, 5) is 12.2. The van der Waals surface area contributed by atoms with E-state index in [0.29, 0.717) is 40.9 Å². The van der Waals surface area contributed by atoms with Crippen LogP contribution in [-0.4, -0.2) is 20.7 Å². The number of carbonyl (C=O) groups is 1. The van der Waals surface area contributed by atoms with Crippen molar-refractivity contribution in [3.8, 4) is 5.69 Å². The van der Waals surface area contributed by atoms with Gasteiger partial charge in [-0.3, -0.25) is 9.36 Å². The molecule has 3 aromatic carbocycles. The summed E-state index contributed by atoms with van der Waals surface area (Å²) in [6.07, 6.45) is 2.63. The number of aromatic nitrogens is 3. The van der Waals surface area contributed by atoms with Crippen molar-refractivity contribution in [2.45, 2.75) is 43.1 Å². The number of aryl methyl sites for hydroxylation is 1. The fourth-order valence-corrected chi connectivity index (χ4v) is 4.78. The largest absolute Gasteiger partial charge is 0.352 e. The van der Waals surface area contributed by atoms with Crippen LogP contribution in [-0.2, 0) is 23.5 Å². The summed E-state index contributed by atoms with van der Waals surface area (Å²) in [5.41, 5.74) is 2.55. The zero-order valence-corrected chi connectivity index (χ0v) is 20.7. The van der Waals surface area contributed by atoms with Crippen LogP contribution in [0.25, 0.3) is 5.69 Å². The fraction of sp³-hybridized carbons (Fsp3) is 0.222. The third kappa shape index (κ3) is 7.16. The third-order valence-corrected chi connectivity index (χ3v) is 6.68. The molecule has 0 radical (unpaired) electrons. The molecule has 0 saturated carbocycles. The van der Waals surface area contributed by atoms with Crippen LogP contribution in [0.15, 0.2) is 84.0 Å². The highest BCUT2D eigenvalue weighted by Crippen LogP contribution is 2.28. The molecule has 0 aliphatic carbocycles. The molecule has 4 rings (SSSR count). The summed E-state index contributed by atoms with van der Waals surface area (Å²) >= 11 is 7.67. The Hall–Kier alpha value is -3.16. The second-order valence-corrected chi connectivity index (χ2v) is 9.44. The van der Waals surface area contributed by atoms with Crippen LogP contribution in [0.5, 0.6) is 0 Å². The van der Waals surface area contributed by atoms with E-state index in [9.17, 15) is 9.18 Å². The molecular formula is C27H26ClFN4OS. The lowest BCUT2D eigenvalue weighted by Crippen LogP contribution is -2.22. The van der Waals surface area contributed by atoms with Crippen molar-refractivity contribution in [1.82, 2.24) is 20.1 Å². The third-order valence-electron chi connectivity index (χ3n) is 5.47. The van der Waals surface area contributed by atoms with Gasteiger partial charge in [0, 0.05) is 30.2 Å². The number of nitrogens with zero attached hydrogens (tertiary/aromatic N) is 3. The van der Waals surface area contributed by atoms with Crippen molar-refractivity contribution in [2.24, 2.45) is 0 Å². The van der Waals surface area contributed by atoms with Crippen LogP contribution < -0.4 is 5.32 Å². The van der Waals surface area contributed by atoms with Gasteiger partial charge in [0.05, 0.1) is 5.69 Å². The highest BCUT2D eigenvalue weighted by Gasteiger charge is 2.16. The molecule has 4 aromatic rings. The summed E-state index contributed by atoms with van der Waals surface area (Å²) in [6.45, 7) is 0.533. The van der Waals surface area contributed by atoms with Crippen molar-refractivity contribution in [3.63, 3.8) is 0 Å². The molecule has 0 unspecified atom stereocenters. The molecular weight excluding hydrogens is 483 g/mol. The lowest BCUT2D eigenvalue weighted by molar-refractivity contribution is -0.121. The van der Waals surface area contributed by atoms with Gasteiger partial charge < -0.3 is 5.32 Å². The maximum Gasteiger partial charge on any atom is 0.220 e. The number of unbranched alkanes of at least 4 members (excludes halogenated alkanes) is 1. The van der Waals surface area contributed by atoms with Gasteiger partial charge in [-0.25, -0.2) is 4.39 Å². The van der Waals surface area contributed by atoms with Crippen molar-refractivity contribution in [3.05, 3.63) is 107 Å². The van der Waals surface area contributed by atoms with Crippen LogP contribution in [0.4, 0.5) is 4.39 Å². The Balaban J connectivity index is 1.37. The van der Waals surface area contributed by atoms with Crippen molar-refractivity contribution in [1.29, 1.82) is 0 Å². The highest BCUT2D eigenvalue weighted by molar-refractivity contribution is 7.98. The molecule has 0 aliphatic heterocycles. The fourth-order valence-electron chi connectivity index (χ4n) is 3.64. The first-order valence-electron chi connectivity index (χ1n) is 11.5. The minimum Gasteiger partial charge on any atom is -0.352 e. The lowest BCUT2D eigenvalue weighted by atomic mass is 10.1. The number of nitrogens with one attached hydrogen (secondary N) is 1. The van der Waals surface area contributed by atoms with E-state index in [-0.39, 0.29) is 11.7 Å². The normalized spacial score (nSPS) is 10.9. The van der Waals surface area contributed by atoms with Gasteiger partial charge in [-0.2, -0.15) is 0 Å². The topological polar surface area (TPSA) is 59.8 Å². The Morgan fingerprint density at radius 3 is 2.57 bits per heavy atom. The number of rotatable bonds is 11. The molecule has 1 N–H and O–H groups in total. The molecule has 8 heteroatoms. The Morgan fingerprint density at radius 2 is 1.77 bits per heavy atom. The highest BCUT2D eigenvalue weighted by atomic mass is 35.5. The molecule has 5 nitrogen and oxygen atoms in total.